The number of nitrogens with zero attached hydrogens (tertiary/aromatic N) is 2. The molecule has 0 radical (unpaired) electrons. The van der Waals surface area contributed by atoms with Gasteiger partial charge in [-0.05, 0) is 67.9 Å². The molecule has 144 valence electrons. The van der Waals surface area contributed by atoms with E-state index in [1.807, 2.05) is 26.0 Å². The van der Waals surface area contributed by atoms with E-state index in [4.69, 9.17) is 16.3 Å². The molecule has 1 aromatic heterocycles. The number of amides is 1. The summed E-state index contributed by atoms with van der Waals surface area (Å²) in [5, 5.41) is 13.8. The lowest BCUT2D eigenvalue weighted by Crippen LogP contribution is -2.17. The number of carbonyl (C=O) groups is 1. The Kier molecular flexibility index (Phi) is 5.70. The minimum absolute atomic E-state index is 0.137. The van der Waals surface area contributed by atoms with Crippen molar-refractivity contribution in [1.82, 2.24) is 9.99 Å². The molecule has 2 N–H and O–H groups in total. The molecule has 3 rings (SSSR count). The molecule has 0 unspecified atom stereocenters. The molecular formula is C21H20ClN3O3. The van der Waals surface area contributed by atoms with Gasteiger partial charge in [-0.15, -0.1) is 0 Å². The molecule has 3 aromatic rings. The normalized spacial score (nSPS) is 11.0. The van der Waals surface area contributed by atoms with Crippen LogP contribution in [0.1, 0.15) is 27.3 Å². The van der Waals surface area contributed by atoms with Crippen LogP contribution >= 0.6 is 11.6 Å². The summed E-state index contributed by atoms with van der Waals surface area (Å²) in [6.45, 7) is 4.07. The number of aromatic nitrogens is 1. The number of hydrazone groups is 1. The highest BCUT2D eigenvalue weighted by molar-refractivity contribution is 6.32. The second-order valence-corrected chi connectivity index (χ2v) is 6.66. The Labute approximate surface area is 168 Å². The summed E-state index contributed by atoms with van der Waals surface area (Å²) >= 11 is 5.93. The Balaban J connectivity index is 1.70. The van der Waals surface area contributed by atoms with Crippen LogP contribution in [0.15, 0.2) is 53.6 Å². The first-order valence-corrected chi connectivity index (χ1v) is 8.94. The van der Waals surface area contributed by atoms with Crippen LogP contribution < -0.4 is 10.2 Å². The summed E-state index contributed by atoms with van der Waals surface area (Å²) in [7, 11) is 1.43. The van der Waals surface area contributed by atoms with Crippen molar-refractivity contribution in [3.63, 3.8) is 0 Å². The molecular weight excluding hydrogens is 378 g/mol. The first-order chi connectivity index (χ1) is 13.4. The highest BCUT2D eigenvalue weighted by Gasteiger charge is 2.09. The summed E-state index contributed by atoms with van der Waals surface area (Å²) in [5.74, 6) is -0.245. The number of hydrogen-bond acceptors (Lipinski definition) is 4. The fourth-order valence-corrected chi connectivity index (χ4v) is 3.11. The zero-order valence-corrected chi connectivity index (χ0v) is 16.5. The van der Waals surface area contributed by atoms with Gasteiger partial charge in [-0.25, -0.2) is 5.43 Å². The third kappa shape index (κ3) is 4.02. The van der Waals surface area contributed by atoms with Crippen molar-refractivity contribution < 1.29 is 14.6 Å². The SMILES string of the molecule is COc1cc(/C=N/NC(=O)c2ccc(-n3c(C)ccc3C)cc2)cc(Cl)c1O. The van der Waals surface area contributed by atoms with Crippen molar-refractivity contribution in [2.45, 2.75) is 13.8 Å². The maximum absolute atomic E-state index is 12.3. The lowest BCUT2D eigenvalue weighted by atomic mass is 10.2. The molecule has 6 nitrogen and oxygen atoms in total. The summed E-state index contributed by atoms with van der Waals surface area (Å²) in [6, 6.07) is 14.5. The molecule has 0 saturated carbocycles. The number of halogens is 1. The van der Waals surface area contributed by atoms with Crippen molar-refractivity contribution in [2.24, 2.45) is 5.10 Å². The number of aromatic hydroxyl groups is 1. The zero-order chi connectivity index (χ0) is 20.3. The van der Waals surface area contributed by atoms with Gasteiger partial charge in [0.05, 0.1) is 18.3 Å². The van der Waals surface area contributed by atoms with E-state index >= 15 is 0 Å². The molecule has 2 aromatic carbocycles. The van der Waals surface area contributed by atoms with Crippen LogP contribution in [0, 0.1) is 13.8 Å². The number of aryl methyl sites for hydroxylation is 2. The van der Waals surface area contributed by atoms with Gasteiger partial charge in [-0.2, -0.15) is 5.10 Å². The molecule has 0 spiro atoms. The van der Waals surface area contributed by atoms with Crippen molar-refractivity contribution in [3.05, 3.63) is 76.1 Å². The third-order valence-electron chi connectivity index (χ3n) is 4.31. The first-order valence-electron chi connectivity index (χ1n) is 8.56. The summed E-state index contributed by atoms with van der Waals surface area (Å²) in [5.41, 5.74) is 6.79. The fraction of sp³-hybridized carbons (Fsp3) is 0.143. The fourth-order valence-electron chi connectivity index (χ4n) is 2.89. The predicted octanol–water partition coefficient (Wildman–Crippen LogP) is 4.23. The van der Waals surface area contributed by atoms with Crippen molar-refractivity contribution in [3.8, 4) is 17.2 Å². The second kappa shape index (κ2) is 8.19. The van der Waals surface area contributed by atoms with E-state index in [9.17, 15) is 9.90 Å². The largest absolute Gasteiger partial charge is 0.503 e. The maximum atomic E-state index is 12.3. The standard InChI is InChI=1S/C21H20ClN3O3/c1-13-4-5-14(2)25(13)17-8-6-16(7-9-17)21(27)24-23-12-15-10-18(22)20(26)19(11-15)28-3/h4-12,26H,1-3H3,(H,24,27)/b23-12+. The van der Waals surface area contributed by atoms with E-state index < -0.39 is 0 Å². The van der Waals surface area contributed by atoms with Crippen LogP contribution in [0.2, 0.25) is 5.02 Å². The summed E-state index contributed by atoms with van der Waals surface area (Å²) in [6.07, 6.45) is 1.42. The molecule has 1 amide bonds. The van der Waals surface area contributed by atoms with Gasteiger partial charge in [-0.3, -0.25) is 4.79 Å². The van der Waals surface area contributed by atoms with Crippen molar-refractivity contribution in [2.75, 3.05) is 7.11 Å². The number of ether oxygens (including phenoxy) is 1. The number of benzene rings is 2. The van der Waals surface area contributed by atoms with Crippen LogP contribution in [0.25, 0.3) is 5.69 Å². The number of carbonyl (C=O) groups excluding carboxylic acids is 1. The predicted molar refractivity (Wildman–Crippen MR) is 110 cm³/mol. The third-order valence-corrected chi connectivity index (χ3v) is 4.60. The molecule has 0 bridgehead atoms. The van der Waals surface area contributed by atoms with Gasteiger partial charge in [0.15, 0.2) is 11.5 Å². The lowest BCUT2D eigenvalue weighted by molar-refractivity contribution is 0.0955. The molecule has 28 heavy (non-hydrogen) atoms. The monoisotopic (exact) mass is 397 g/mol. The summed E-state index contributed by atoms with van der Waals surface area (Å²) in [4.78, 5) is 12.3. The molecule has 1 heterocycles. The quantitative estimate of drug-likeness (QED) is 0.499. The summed E-state index contributed by atoms with van der Waals surface area (Å²) < 4.78 is 7.15. The molecule has 0 fully saturated rings. The molecule has 0 aliphatic carbocycles. The highest BCUT2D eigenvalue weighted by atomic mass is 35.5. The topological polar surface area (TPSA) is 75.8 Å². The number of methoxy groups -OCH3 is 1. The van der Waals surface area contributed by atoms with Gasteiger partial charge in [0, 0.05) is 22.6 Å². The van der Waals surface area contributed by atoms with Gasteiger partial charge in [0.1, 0.15) is 0 Å². The van der Waals surface area contributed by atoms with E-state index in [2.05, 4.69) is 27.2 Å². The van der Waals surface area contributed by atoms with E-state index in [0.717, 1.165) is 17.1 Å². The lowest BCUT2D eigenvalue weighted by Gasteiger charge is -2.10. The Morgan fingerprint density at radius 3 is 2.39 bits per heavy atom. The van der Waals surface area contributed by atoms with Gasteiger partial charge >= 0.3 is 0 Å². The Hall–Kier alpha value is -3.25. The van der Waals surface area contributed by atoms with E-state index in [-0.39, 0.29) is 22.4 Å². The Bertz CT molecular complexity index is 1020. The molecule has 0 aliphatic heterocycles. The second-order valence-electron chi connectivity index (χ2n) is 6.25. The van der Waals surface area contributed by atoms with Crippen molar-refractivity contribution in [1.29, 1.82) is 0 Å². The average molecular weight is 398 g/mol. The molecule has 7 heteroatoms. The van der Waals surface area contributed by atoms with E-state index in [1.165, 1.54) is 19.4 Å². The minimum atomic E-state index is -0.333. The molecule has 0 atom stereocenters. The number of phenols is 1. The van der Waals surface area contributed by atoms with Crippen molar-refractivity contribution >= 4 is 23.7 Å². The smallest absolute Gasteiger partial charge is 0.271 e. The highest BCUT2D eigenvalue weighted by Crippen LogP contribution is 2.34. The first kappa shape index (κ1) is 19.5. The maximum Gasteiger partial charge on any atom is 0.271 e. The number of hydrogen-bond donors (Lipinski definition) is 2. The van der Waals surface area contributed by atoms with Gasteiger partial charge in [0.25, 0.3) is 5.91 Å². The number of nitrogens with one attached hydrogen (secondary N) is 1. The average Bonchev–Trinajstić information content (AvgIpc) is 3.02. The van der Waals surface area contributed by atoms with Crippen LogP contribution in [0.4, 0.5) is 0 Å². The Morgan fingerprint density at radius 1 is 1.14 bits per heavy atom. The van der Waals surface area contributed by atoms with Crippen LogP contribution in [0.5, 0.6) is 11.5 Å². The minimum Gasteiger partial charge on any atom is -0.503 e. The molecule has 0 saturated heterocycles. The van der Waals surface area contributed by atoms with Gasteiger partial charge in [0.2, 0.25) is 0 Å². The van der Waals surface area contributed by atoms with Crippen LogP contribution in [0.3, 0.4) is 0 Å². The molecule has 0 aliphatic rings. The number of phenolic OH excluding ortho intramolecular Hbond substituents is 1. The van der Waals surface area contributed by atoms with Gasteiger partial charge in [-0.1, -0.05) is 11.6 Å². The van der Waals surface area contributed by atoms with E-state index in [0.29, 0.717) is 11.1 Å². The van der Waals surface area contributed by atoms with Crippen LogP contribution in [-0.4, -0.2) is 28.9 Å². The zero-order valence-electron chi connectivity index (χ0n) is 15.7. The number of rotatable bonds is 5. The van der Waals surface area contributed by atoms with Gasteiger partial charge < -0.3 is 14.4 Å². The van der Waals surface area contributed by atoms with E-state index in [1.54, 1.807) is 18.2 Å². The Morgan fingerprint density at radius 2 is 1.79 bits per heavy atom. The van der Waals surface area contributed by atoms with Crippen LogP contribution in [-0.2, 0) is 0 Å².